The van der Waals surface area contributed by atoms with Crippen molar-refractivity contribution < 1.29 is 9.47 Å². The molecule has 0 saturated heterocycles. The molecule has 89 valence electrons. The van der Waals surface area contributed by atoms with E-state index in [2.05, 4.69) is 36.1 Å². The summed E-state index contributed by atoms with van der Waals surface area (Å²) in [6, 6.07) is 8.53. The molecule has 0 heterocycles. The summed E-state index contributed by atoms with van der Waals surface area (Å²) in [4.78, 5) is 2.27. The summed E-state index contributed by atoms with van der Waals surface area (Å²) in [6.45, 7) is 5.35. The number of hydrogen-bond donors (Lipinski definition) is 0. The molecular weight excluding hydrogens is 202 g/mol. The van der Waals surface area contributed by atoms with Crippen molar-refractivity contribution in [3.05, 3.63) is 29.8 Å². The van der Waals surface area contributed by atoms with Crippen molar-refractivity contribution in [2.24, 2.45) is 0 Å². The Labute approximate surface area is 98.0 Å². The number of nitrogens with zero attached hydrogens (tertiary/aromatic N) is 1. The SMILES string of the molecule is COCC[N+](CCOC)c1ccc(C)cc1. The summed E-state index contributed by atoms with van der Waals surface area (Å²) < 4.78 is 10.2. The summed E-state index contributed by atoms with van der Waals surface area (Å²) in [5.74, 6) is 0. The molecule has 0 aliphatic rings. The predicted octanol–water partition coefficient (Wildman–Crippen LogP) is 2.06. The van der Waals surface area contributed by atoms with Gasteiger partial charge in [0.25, 0.3) is 0 Å². The fourth-order valence-electron chi connectivity index (χ4n) is 1.53. The maximum Gasteiger partial charge on any atom is 0.180 e. The third kappa shape index (κ3) is 4.31. The highest BCUT2D eigenvalue weighted by atomic mass is 16.5. The number of rotatable bonds is 7. The van der Waals surface area contributed by atoms with Gasteiger partial charge in [-0.2, -0.15) is 0 Å². The van der Waals surface area contributed by atoms with E-state index in [9.17, 15) is 0 Å². The standard InChI is InChI=1S/C13H21NO2/c1-12-4-6-13(7-5-12)14(8-10-15-2)9-11-16-3/h4-7H,8-11H2,1-3H3/q+1. The minimum atomic E-state index is 0.734. The average Bonchev–Trinajstić information content (AvgIpc) is 2.31. The van der Waals surface area contributed by atoms with Gasteiger partial charge in [-0.15, -0.1) is 4.90 Å². The Bertz CT molecular complexity index is 276. The smallest absolute Gasteiger partial charge is 0.180 e. The lowest BCUT2D eigenvalue weighted by atomic mass is 10.2. The Kier molecular flexibility index (Phi) is 6.08. The van der Waals surface area contributed by atoms with E-state index in [1.54, 1.807) is 14.2 Å². The highest BCUT2D eigenvalue weighted by Gasteiger charge is 2.17. The molecule has 0 amide bonds. The number of anilines is 1. The first-order chi connectivity index (χ1) is 7.77. The van der Waals surface area contributed by atoms with Crippen molar-refractivity contribution in [2.75, 3.05) is 40.5 Å². The molecule has 1 aromatic rings. The second-order valence-corrected chi connectivity index (χ2v) is 3.81. The van der Waals surface area contributed by atoms with Crippen LogP contribution in [0.15, 0.2) is 24.3 Å². The first-order valence-electron chi connectivity index (χ1n) is 5.57. The van der Waals surface area contributed by atoms with Gasteiger partial charge in [0.05, 0.1) is 0 Å². The summed E-state index contributed by atoms with van der Waals surface area (Å²) in [5, 5.41) is 0. The van der Waals surface area contributed by atoms with Crippen LogP contribution in [0.3, 0.4) is 0 Å². The number of methoxy groups -OCH3 is 2. The Balaban J connectivity index is 2.62. The first kappa shape index (κ1) is 13.2. The van der Waals surface area contributed by atoms with Gasteiger partial charge < -0.3 is 9.47 Å². The van der Waals surface area contributed by atoms with Crippen LogP contribution in [0.5, 0.6) is 0 Å². The van der Waals surface area contributed by atoms with E-state index in [0.29, 0.717) is 0 Å². The molecule has 0 bridgehead atoms. The quantitative estimate of drug-likeness (QED) is 0.661. The van der Waals surface area contributed by atoms with Crippen molar-refractivity contribution in [1.82, 2.24) is 4.90 Å². The molecule has 0 N–H and O–H groups in total. The van der Waals surface area contributed by atoms with Crippen LogP contribution >= 0.6 is 0 Å². The topological polar surface area (TPSA) is 24.4 Å². The van der Waals surface area contributed by atoms with Crippen LogP contribution in [0, 0.1) is 6.92 Å². The summed E-state index contributed by atoms with van der Waals surface area (Å²) in [6.07, 6.45) is 0. The number of aryl methyl sites for hydroxylation is 1. The molecular formula is C13H21NO2+. The van der Waals surface area contributed by atoms with Gasteiger partial charge >= 0.3 is 0 Å². The van der Waals surface area contributed by atoms with Crippen molar-refractivity contribution in [1.29, 1.82) is 0 Å². The van der Waals surface area contributed by atoms with Crippen molar-refractivity contribution in [3.63, 3.8) is 0 Å². The van der Waals surface area contributed by atoms with Crippen LogP contribution < -0.4 is 4.90 Å². The number of ether oxygens (including phenoxy) is 2. The molecule has 0 unspecified atom stereocenters. The lowest BCUT2D eigenvalue weighted by Gasteiger charge is -2.11. The Morgan fingerprint density at radius 3 is 1.88 bits per heavy atom. The van der Waals surface area contributed by atoms with Crippen LogP contribution in [0.25, 0.3) is 0 Å². The first-order valence-corrected chi connectivity index (χ1v) is 5.57. The van der Waals surface area contributed by atoms with Gasteiger partial charge in [-0.25, -0.2) is 0 Å². The fourth-order valence-corrected chi connectivity index (χ4v) is 1.53. The second kappa shape index (κ2) is 7.39. The predicted molar refractivity (Wildman–Crippen MR) is 66.5 cm³/mol. The zero-order chi connectivity index (χ0) is 11.8. The molecule has 0 spiro atoms. The molecule has 0 fully saturated rings. The lowest BCUT2D eigenvalue weighted by Crippen LogP contribution is -2.31. The van der Waals surface area contributed by atoms with Crippen LogP contribution in [0.4, 0.5) is 5.69 Å². The summed E-state index contributed by atoms with van der Waals surface area (Å²) >= 11 is 0. The molecule has 0 aliphatic carbocycles. The average molecular weight is 223 g/mol. The molecule has 0 aliphatic heterocycles. The molecule has 3 heteroatoms. The minimum Gasteiger partial charge on any atom is -0.379 e. The molecule has 0 atom stereocenters. The van der Waals surface area contributed by atoms with Crippen molar-refractivity contribution in [3.8, 4) is 0 Å². The third-order valence-electron chi connectivity index (χ3n) is 2.53. The van der Waals surface area contributed by atoms with Gasteiger partial charge in [0.15, 0.2) is 18.8 Å². The normalized spacial score (nSPS) is 11.0. The Hall–Kier alpha value is -0.900. The van der Waals surface area contributed by atoms with Crippen LogP contribution in [0.2, 0.25) is 0 Å². The van der Waals surface area contributed by atoms with Crippen molar-refractivity contribution >= 4 is 5.69 Å². The molecule has 1 radical (unpaired) electrons. The van der Waals surface area contributed by atoms with E-state index in [4.69, 9.17) is 9.47 Å². The Morgan fingerprint density at radius 2 is 1.44 bits per heavy atom. The highest BCUT2D eigenvalue weighted by Crippen LogP contribution is 2.13. The zero-order valence-corrected chi connectivity index (χ0v) is 10.4. The fraction of sp³-hybridized carbons (Fsp3) is 0.538. The van der Waals surface area contributed by atoms with Crippen LogP contribution in [-0.4, -0.2) is 40.5 Å². The van der Waals surface area contributed by atoms with E-state index in [1.807, 2.05) is 0 Å². The van der Waals surface area contributed by atoms with Gasteiger partial charge in [0.1, 0.15) is 13.2 Å². The number of hydrogen-bond acceptors (Lipinski definition) is 3. The van der Waals surface area contributed by atoms with Crippen molar-refractivity contribution in [2.45, 2.75) is 6.92 Å². The molecule has 1 aromatic carbocycles. The zero-order valence-electron chi connectivity index (χ0n) is 10.4. The summed E-state index contributed by atoms with van der Waals surface area (Å²) in [7, 11) is 3.45. The monoisotopic (exact) mass is 223 g/mol. The number of benzene rings is 1. The maximum absolute atomic E-state index is 5.12. The lowest BCUT2D eigenvalue weighted by molar-refractivity contribution is 0.165. The second-order valence-electron chi connectivity index (χ2n) is 3.81. The molecule has 16 heavy (non-hydrogen) atoms. The molecule has 3 nitrogen and oxygen atoms in total. The van der Waals surface area contributed by atoms with Crippen LogP contribution in [-0.2, 0) is 9.47 Å². The minimum absolute atomic E-state index is 0.734. The molecule has 0 aromatic heterocycles. The van der Waals surface area contributed by atoms with Gasteiger partial charge in [-0.05, 0) is 6.92 Å². The Morgan fingerprint density at radius 1 is 0.938 bits per heavy atom. The van der Waals surface area contributed by atoms with Gasteiger partial charge in [0.2, 0.25) is 0 Å². The van der Waals surface area contributed by atoms with Crippen LogP contribution in [0.1, 0.15) is 5.56 Å². The highest BCUT2D eigenvalue weighted by molar-refractivity contribution is 5.40. The largest absolute Gasteiger partial charge is 0.379 e. The van der Waals surface area contributed by atoms with Gasteiger partial charge in [-0.3, -0.25) is 0 Å². The molecule has 1 rings (SSSR count). The van der Waals surface area contributed by atoms with Gasteiger partial charge in [-0.1, -0.05) is 17.7 Å². The van der Waals surface area contributed by atoms with E-state index in [-0.39, 0.29) is 0 Å². The van der Waals surface area contributed by atoms with E-state index < -0.39 is 0 Å². The third-order valence-corrected chi connectivity index (χ3v) is 2.53. The van der Waals surface area contributed by atoms with E-state index in [1.165, 1.54) is 11.3 Å². The van der Waals surface area contributed by atoms with E-state index >= 15 is 0 Å². The maximum atomic E-state index is 5.12. The molecule has 0 saturated carbocycles. The van der Waals surface area contributed by atoms with Gasteiger partial charge in [0, 0.05) is 26.4 Å². The van der Waals surface area contributed by atoms with E-state index in [0.717, 1.165) is 26.3 Å². The summed E-state index contributed by atoms with van der Waals surface area (Å²) in [5.41, 5.74) is 2.50.